The molecule has 0 spiro atoms. The Hall–Kier alpha value is -0.770. The van der Waals surface area contributed by atoms with Crippen molar-refractivity contribution < 1.29 is 4.74 Å². The number of rotatable bonds is 2. The summed E-state index contributed by atoms with van der Waals surface area (Å²) in [6.07, 6.45) is 1.72. The van der Waals surface area contributed by atoms with Gasteiger partial charge in [-0.25, -0.2) is 0 Å². The Labute approximate surface area is 98.6 Å². The summed E-state index contributed by atoms with van der Waals surface area (Å²) in [6, 6.07) is 0. The number of nitrogens with zero attached hydrogens (tertiary/aromatic N) is 1. The lowest BCUT2D eigenvalue weighted by Gasteiger charge is -2.21. The lowest BCUT2D eigenvalue weighted by molar-refractivity contribution is 0.0570. The summed E-state index contributed by atoms with van der Waals surface area (Å²) in [6.45, 7) is 11.2. The van der Waals surface area contributed by atoms with Crippen molar-refractivity contribution in [3.05, 3.63) is 0 Å². The number of nitrogens with one attached hydrogen (secondary N) is 1. The van der Waals surface area contributed by atoms with Gasteiger partial charge in [-0.15, -0.1) is 0 Å². The molecule has 0 radical (unpaired) electrons. The van der Waals surface area contributed by atoms with E-state index in [1.54, 1.807) is 0 Å². The standard InChI is InChI=1S/C12H25N3O/c1-8-6-10(9(2)16-8)7-14-11(13)15-12(3,4)5/h8-10H,6-7H2,1-5H3,(H3,13,14,15). The topological polar surface area (TPSA) is 59.6 Å². The molecule has 3 N–H and O–H groups in total. The van der Waals surface area contributed by atoms with E-state index < -0.39 is 0 Å². The zero-order valence-corrected chi connectivity index (χ0v) is 11.1. The third kappa shape index (κ3) is 4.39. The number of hydrogen-bond acceptors (Lipinski definition) is 2. The molecule has 0 aromatic carbocycles. The van der Waals surface area contributed by atoms with Crippen LogP contribution in [0.1, 0.15) is 41.0 Å². The molecular formula is C12H25N3O. The number of nitrogens with two attached hydrogens (primary N) is 1. The fourth-order valence-electron chi connectivity index (χ4n) is 2.01. The maximum atomic E-state index is 5.82. The summed E-state index contributed by atoms with van der Waals surface area (Å²) in [7, 11) is 0. The molecule has 94 valence electrons. The molecule has 0 saturated carbocycles. The van der Waals surface area contributed by atoms with Gasteiger partial charge in [0.25, 0.3) is 0 Å². The second-order valence-electron chi connectivity index (χ2n) is 5.75. The molecule has 0 amide bonds. The summed E-state index contributed by atoms with van der Waals surface area (Å²) < 4.78 is 5.68. The van der Waals surface area contributed by atoms with Crippen molar-refractivity contribution in [2.24, 2.45) is 16.6 Å². The highest BCUT2D eigenvalue weighted by molar-refractivity contribution is 5.78. The number of aliphatic imine (C=N–C) groups is 1. The van der Waals surface area contributed by atoms with E-state index in [4.69, 9.17) is 10.5 Å². The van der Waals surface area contributed by atoms with Gasteiger partial charge >= 0.3 is 0 Å². The first-order chi connectivity index (χ1) is 7.28. The normalized spacial score (nSPS) is 31.8. The first kappa shape index (κ1) is 13.3. The highest BCUT2D eigenvalue weighted by Gasteiger charge is 2.29. The molecule has 16 heavy (non-hydrogen) atoms. The molecule has 1 rings (SSSR count). The molecule has 0 bridgehead atoms. The highest BCUT2D eigenvalue weighted by atomic mass is 16.5. The predicted molar refractivity (Wildman–Crippen MR) is 67.5 cm³/mol. The van der Waals surface area contributed by atoms with Crippen molar-refractivity contribution in [1.29, 1.82) is 0 Å². The minimum atomic E-state index is -0.0291. The minimum Gasteiger partial charge on any atom is -0.375 e. The summed E-state index contributed by atoms with van der Waals surface area (Å²) >= 11 is 0. The molecule has 1 saturated heterocycles. The first-order valence-electron chi connectivity index (χ1n) is 6.01. The summed E-state index contributed by atoms with van der Waals surface area (Å²) in [5.74, 6) is 1.02. The van der Waals surface area contributed by atoms with Gasteiger partial charge in [0, 0.05) is 18.0 Å². The van der Waals surface area contributed by atoms with E-state index in [2.05, 4.69) is 44.9 Å². The van der Waals surface area contributed by atoms with Crippen LogP contribution in [0.15, 0.2) is 4.99 Å². The monoisotopic (exact) mass is 227 g/mol. The minimum absolute atomic E-state index is 0.0291. The van der Waals surface area contributed by atoms with E-state index in [1.807, 2.05) is 0 Å². The Morgan fingerprint density at radius 1 is 1.44 bits per heavy atom. The quantitative estimate of drug-likeness (QED) is 0.555. The molecule has 1 fully saturated rings. The van der Waals surface area contributed by atoms with Crippen molar-refractivity contribution >= 4 is 5.96 Å². The number of guanidine groups is 1. The third-order valence-electron chi connectivity index (χ3n) is 2.74. The van der Waals surface area contributed by atoms with Crippen molar-refractivity contribution in [3.8, 4) is 0 Å². The van der Waals surface area contributed by atoms with Gasteiger partial charge in [0.2, 0.25) is 0 Å². The van der Waals surface area contributed by atoms with Crippen LogP contribution in [0.2, 0.25) is 0 Å². The SMILES string of the molecule is CC1CC(CN=C(N)NC(C)(C)C)C(C)O1. The number of hydrogen-bond donors (Lipinski definition) is 2. The van der Waals surface area contributed by atoms with E-state index >= 15 is 0 Å². The van der Waals surface area contributed by atoms with Crippen molar-refractivity contribution in [3.63, 3.8) is 0 Å². The van der Waals surface area contributed by atoms with Gasteiger partial charge < -0.3 is 15.8 Å². The molecule has 0 aliphatic carbocycles. The maximum absolute atomic E-state index is 5.82. The Morgan fingerprint density at radius 3 is 2.50 bits per heavy atom. The lowest BCUT2D eigenvalue weighted by atomic mass is 10.0. The molecule has 4 heteroatoms. The van der Waals surface area contributed by atoms with E-state index in [9.17, 15) is 0 Å². The second-order valence-corrected chi connectivity index (χ2v) is 5.75. The van der Waals surface area contributed by atoms with Gasteiger partial charge in [-0.05, 0) is 41.0 Å². The van der Waals surface area contributed by atoms with Crippen LogP contribution < -0.4 is 11.1 Å². The predicted octanol–water partition coefficient (Wildman–Crippen LogP) is 1.50. The Balaban J connectivity index is 2.41. The molecule has 0 aromatic rings. The third-order valence-corrected chi connectivity index (χ3v) is 2.74. The second kappa shape index (κ2) is 5.04. The van der Waals surface area contributed by atoms with Gasteiger partial charge in [-0.3, -0.25) is 4.99 Å². The van der Waals surface area contributed by atoms with E-state index in [0.717, 1.165) is 13.0 Å². The molecule has 1 heterocycles. The van der Waals surface area contributed by atoms with Gasteiger partial charge in [-0.2, -0.15) is 0 Å². The molecule has 3 unspecified atom stereocenters. The van der Waals surface area contributed by atoms with E-state index in [1.165, 1.54) is 0 Å². The van der Waals surface area contributed by atoms with E-state index in [0.29, 0.717) is 24.1 Å². The summed E-state index contributed by atoms with van der Waals surface area (Å²) in [5.41, 5.74) is 5.79. The fourth-order valence-corrected chi connectivity index (χ4v) is 2.01. The van der Waals surface area contributed by atoms with Crippen LogP contribution >= 0.6 is 0 Å². The molecule has 3 atom stereocenters. The fraction of sp³-hybridized carbons (Fsp3) is 0.917. The average molecular weight is 227 g/mol. The van der Waals surface area contributed by atoms with Crippen molar-refractivity contribution in [2.45, 2.75) is 58.8 Å². The highest BCUT2D eigenvalue weighted by Crippen LogP contribution is 2.25. The number of ether oxygens (including phenoxy) is 1. The molecular weight excluding hydrogens is 202 g/mol. The smallest absolute Gasteiger partial charge is 0.188 e. The van der Waals surface area contributed by atoms with Crippen LogP contribution in [0.5, 0.6) is 0 Å². The van der Waals surface area contributed by atoms with Gasteiger partial charge in [0.15, 0.2) is 5.96 Å². The zero-order valence-electron chi connectivity index (χ0n) is 11.1. The van der Waals surface area contributed by atoms with Crippen LogP contribution in [0.25, 0.3) is 0 Å². The van der Waals surface area contributed by atoms with Crippen LogP contribution in [0.3, 0.4) is 0 Å². The van der Waals surface area contributed by atoms with Crippen LogP contribution in [0, 0.1) is 5.92 Å². The zero-order chi connectivity index (χ0) is 12.3. The van der Waals surface area contributed by atoms with E-state index in [-0.39, 0.29) is 5.54 Å². The van der Waals surface area contributed by atoms with Crippen LogP contribution in [-0.4, -0.2) is 30.3 Å². The van der Waals surface area contributed by atoms with Gasteiger partial charge in [0.05, 0.1) is 12.2 Å². The summed E-state index contributed by atoms with van der Waals surface area (Å²) in [5, 5.41) is 3.16. The van der Waals surface area contributed by atoms with Crippen molar-refractivity contribution in [1.82, 2.24) is 5.32 Å². The Morgan fingerprint density at radius 2 is 2.06 bits per heavy atom. The van der Waals surface area contributed by atoms with Crippen LogP contribution in [-0.2, 0) is 4.74 Å². The largest absolute Gasteiger partial charge is 0.375 e. The molecule has 0 aromatic heterocycles. The maximum Gasteiger partial charge on any atom is 0.188 e. The molecule has 4 nitrogen and oxygen atoms in total. The van der Waals surface area contributed by atoms with Gasteiger partial charge in [-0.1, -0.05) is 0 Å². The Bertz CT molecular complexity index is 257. The average Bonchev–Trinajstić information content (AvgIpc) is 2.38. The van der Waals surface area contributed by atoms with Gasteiger partial charge in [0.1, 0.15) is 0 Å². The lowest BCUT2D eigenvalue weighted by Crippen LogP contribution is -2.45. The summed E-state index contributed by atoms with van der Waals surface area (Å²) in [4.78, 5) is 4.38. The molecule has 1 aliphatic heterocycles. The van der Waals surface area contributed by atoms with Crippen molar-refractivity contribution in [2.75, 3.05) is 6.54 Å². The molecule has 1 aliphatic rings. The first-order valence-corrected chi connectivity index (χ1v) is 6.01. The Kier molecular flexibility index (Phi) is 4.19. The van der Waals surface area contributed by atoms with Crippen LogP contribution in [0.4, 0.5) is 0 Å².